The van der Waals surface area contributed by atoms with Crippen LogP contribution in [0.5, 0.6) is 0 Å². The van der Waals surface area contributed by atoms with E-state index in [2.05, 4.69) is 62.3 Å². The number of carbonyl (C=O) groups excluding carboxylic acids is 1. The van der Waals surface area contributed by atoms with Crippen LogP contribution in [0.2, 0.25) is 0 Å². The first-order valence-electron chi connectivity index (χ1n) is 12.3. The first-order chi connectivity index (χ1) is 17.4. The van der Waals surface area contributed by atoms with Crippen molar-refractivity contribution in [3.05, 3.63) is 66.2 Å². The molecule has 8 nitrogen and oxygen atoms in total. The number of aromatic nitrogens is 4. The number of nitrogens with one attached hydrogen (secondary N) is 2. The third kappa shape index (κ3) is 5.12. The number of fused-ring (bicyclic) bond motifs is 1. The fourth-order valence-electron chi connectivity index (χ4n) is 4.70. The van der Waals surface area contributed by atoms with Gasteiger partial charge in [0.25, 0.3) is 0 Å². The molecule has 1 heterocycles. The van der Waals surface area contributed by atoms with Crippen LogP contribution < -0.4 is 5.32 Å². The number of tetrazole rings is 1. The Labute approximate surface area is 209 Å². The lowest BCUT2D eigenvalue weighted by atomic mass is 9.91. The number of carboxylic acids is 1. The van der Waals surface area contributed by atoms with Crippen LogP contribution in [-0.4, -0.2) is 43.6 Å². The number of hydrogen-bond donors (Lipinski definition) is 3. The smallest absolute Gasteiger partial charge is 0.326 e. The van der Waals surface area contributed by atoms with E-state index in [1.165, 1.54) is 0 Å². The first kappa shape index (κ1) is 23.7. The average Bonchev–Trinajstić information content (AvgIpc) is 3.57. The second-order valence-electron chi connectivity index (χ2n) is 9.93. The van der Waals surface area contributed by atoms with Crippen LogP contribution >= 0.6 is 0 Å². The van der Waals surface area contributed by atoms with E-state index in [4.69, 9.17) is 0 Å². The van der Waals surface area contributed by atoms with Crippen molar-refractivity contribution in [3.8, 4) is 22.5 Å². The number of hydrogen-bond acceptors (Lipinski definition) is 5. The van der Waals surface area contributed by atoms with Crippen molar-refractivity contribution in [2.75, 3.05) is 0 Å². The van der Waals surface area contributed by atoms with Gasteiger partial charge in [0.1, 0.15) is 6.04 Å². The molecule has 0 bridgehead atoms. The second-order valence-corrected chi connectivity index (χ2v) is 9.93. The Morgan fingerprint density at radius 1 is 0.972 bits per heavy atom. The SMILES string of the molecule is CC(C)C(NC(=O)C(Cc1ccc2cc(-c3ccc(-c4nn[nH]n4)cc3)ccc2c1)C1CC1)C(=O)O. The molecule has 2 atom stereocenters. The molecule has 4 aromatic rings. The zero-order valence-corrected chi connectivity index (χ0v) is 20.3. The zero-order valence-electron chi connectivity index (χ0n) is 20.3. The summed E-state index contributed by atoms with van der Waals surface area (Å²) in [6.07, 6.45) is 2.64. The highest BCUT2D eigenvalue weighted by Crippen LogP contribution is 2.39. The molecule has 3 N–H and O–H groups in total. The molecule has 1 aromatic heterocycles. The van der Waals surface area contributed by atoms with E-state index in [0.717, 1.165) is 45.9 Å². The van der Waals surface area contributed by atoms with Gasteiger partial charge in [0.2, 0.25) is 11.7 Å². The van der Waals surface area contributed by atoms with E-state index in [1.54, 1.807) is 0 Å². The Bertz CT molecular complexity index is 1380. The number of amides is 1. The molecule has 2 unspecified atom stereocenters. The third-order valence-electron chi connectivity index (χ3n) is 6.94. The lowest BCUT2D eigenvalue weighted by molar-refractivity contribution is -0.143. The van der Waals surface area contributed by atoms with Gasteiger partial charge in [0.15, 0.2) is 0 Å². The highest BCUT2D eigenvalue weighted by molar-refractivity contribution is 5.89. The van der Waals surface area contributed by atoms with Crippen molar-refractivity contribution in [3.63, 3.8) is 0 Å². The van der Waals surface area contributed by atoms with Crippen molar-refractivity contribution in [1.29, 1.82) is 0 Å². The fourth-order valence-corrected chi connectivity index (χ4v) is 4.70. The van der Waals surface area contributed by atoms with Gasteiger partial charge < -0.3 is 10.4 Å². The first-order valence-corrected chi connectivity index (χ1v) is 12.3. The van der Waals surface area contributed by atoms with Crippen LogP contribution in [0, 0.1) is 17.8 Å². The van der Waals surface area contributed by atoms with Crippen molar-refractivity contribution < 1.29 is 14.7 Å². The molecule has 0 radical (unpaired) electrons. The van der Waals surface area contributed by atoms with Crippen LogP contribution in [0.1, 0.15) is 32.3 Å². The largest absolute Gasteiger partial charge is 0.480 e. The summed E-state index contributed by atoms with van der Waals surface area (Å²) >= 11 is 0. The van der Waals surface area contributed by atoms with E-state index >= 15 is 0 Å². The third-order valence-corrected chi connectivity index (χ3v) is 6.94. The topological polar surface area (TPSA) is 121 Å². The van der Waals surface area contributed by atoms with Crippen LogP contribution in [0.4, 0.5) is 0 Å². The van der Waals surface area contributed by atoms with E-state index in [9.17, 15) is 14.7 Å². The minimum Gasteiger partial charge on any atom is -0.480 e. The summed E-state index contributed by atoms with van der Waals surface area (Å²) < 4.78 is 0. The number of carboxylic acid groups (broad SMARTS) is 1. The summed E-state index contributed by atoms with van der Waals surface area (Å²) in [5, 5.41) is 28.6. The fraction of sp³-hybridized carbons (Fsp3) is 0.321. The maximum Gasteiger partial charge on any atom is 0.326 e. The molecular formula is C28H29N5O3. The molecule has 0 spiro atoms. The molecule has 1 aliphatic carbocycles. The van der Waals surface area contributed by atoms with E-state index in [0.29, 0.717) is 18.2 Å². The lowest BCUT2D eigenvalue weighted by Crippen LogP contribution is -2.47. The van der Waals surface area contributed by atoms with Gasteiger partial charge in [-0.25, -0.2) is 4.79 Å². The monoisotopic (exact) mass is 483 g/mol. The molecule has 1 saturated carbocycles. The maximum atomic E-state index is 13.0. The van der Waals surface area contributed by atoms with Gasteiger partial charge >= 0.3 is 5.97 Å². The Morgan fingerprint density at radius 2 is 1.64 bits per heavy atom. The van der Waals surface area contributed by atoms with E-state index < -0.39 is 12.0 Å². The Kier molecular flexibility index (Phi) is 6.50. The summed E-state index contributed by atoms with van der Waals surface area (Å²) in [5.41, 5.74) is 4.19. The number of rotatable bonds is 9. The summed E-state index contributed by atoms with van der Waals surface area (Å²) in [6.45, 7) is 3.62. The number of benzene rings is 3. The van der Waals surface area contributed by atoms with Gasteiger partial charge in [-0.1, -0.05) is 68.4 Å². The van der Waals surface area contributed by atoms with Gasteiger partial charge in [-0.15, -0.1) is 10.2 Å². The van der Waals surface area contributed by atoms with Crippen molar-refractivity contribution in [1.82, 2.24) is 25.9 Å². The summed E-state index contributed by atoms with van der Waals surface area (Å²) in [7, 11) is 0. The standard InChI is InChI=1S/C28H29N5O3/c1-16(2)25(28(35)36)29-27(34)24(19-7-8-19)14-17-3-4-23-15-22(12-11-21(23)13-17)18-5-9-20(10-6-18)26-30-32-33-31-26/h3-6,9-13,15-16,19,24-25H,7-8,14H2,1-2H3,(H,29,34)(H,35,36)(H,30,31,32,33). The molecular weight excluding hydrogens is 454 g/mol. The summed E-state index contributed by atoms with van der Waals surface area (Å²) in [5.74, 6) is -0.637. The zero-order chi connectivity index (χ0) is 25.2. The highest BCUT2D eigenvalue weighted by Gasteiger charge is 2.38. The van der Waals surface area contributed by atoms with Crippen LogP contribution in [0.15, 0.2) is 60.7 Å². The Morgan fingerprint density at radius 3 is 2.28 bits per heavy atom. The molecule has 0 saturated heterocycles. The molecule has 1 fully saturated rings. The van der Waals surface area contributed by atoms with Crippen LogP contribution in [0.3, 0.4) is 0 Å². The minimum absolute atomic E-state index is 0.154. The quantitative estimate of drug-likeness (QED) is 0.323. The van der Waals surface area contributed by atoms with Gasteiger partial charge in [-0.3, -0.25) is 4.79 Å². The van der Waals surface area contributed by atoms with Crippen molar-refractivity contribution >= 4 is 22.6 Å². The minimum atomic E-state index is -0.987. The molecule has 36 heavy (non-hydrogen) atoms. The van der Waals surface area contributed by atoms with Crippen LogP contribution in [-0.2, 0) is 16.0 Å². The highest BCUT2D eigenvalue weighted by atomic mass is 16.4. The number of carbonyl (C=O) groups is 2. The lowest BCUT2D eigenvalue weighted by Gasteiger charge is -2.22. The number of aromatic amines is 1. The van der Waals surface area contributed by atoms with Gasteiger partial charge in [-0.05, 0) is 69.8 Å². The summed E-state index contributed by atoms with van der Waals surface area (Å²) in [4.78, 5) is 24.6. The predicted molar refractivity (Wildman–Crippen MR) is 137 cm³/mol. The second kappa shape index (κ2) is 9.89. The van der Waals surface area contributed by atoms with E-state index in [-0.39, 0.29) is 17.7 Å². The Hall–Kier alpha value is -4.07. The van der Waals surface area contributed by atoms with Gasteiger partial charge in [-0.2, -0.15) is 5.21 Å². The van der Waals surface area contributed by atoms with Gasteiger partial charge in [0, 0.05) is 11.5 Å². The predicted octanol–water partition coefficient (Wildman–Crippen LogP) is 4.48. The molecule has 1 aliphatic rings. The molecule has 184 valence electrons. The summed E-state index contributed by atoms with van der Waals surface area (Å²) in [6, 6.07) is 19.8. The van der Waals surface area contributed by atoms with Crippen LogP contribution in [0.25, 0.3) is 33.3 Å². The molecule has 8 heteroatoms. The molecule has 1 amide bonds. The average molecular weight is 484 g/mol. The number of nitrogens with zero attached hydrogens (tertiary/aromatic N) is 3. The molecule has 3 aromatic carbocycles. The molecule has 0 aliphatic heterocycles. The Balaban J connectivity index is 1.33. The van der Waals surface area contributed by atoms with Crippen molar-refractivity contribution in [2.24, 2.45) is 17.8 Å². The number of aliphatic carboxylic acids is 1. The van der Waals surface area contributed by atoms with Gasteiger partial charge in [0.05, 0.1) is 0 Å². The maximum absolute atomic E-state index is 13.0. The normalized spacial score (nSPS) is 15.1. The van der Waals surface area contributed by atoms with E-state index in [1.807, 2.05) is 38.1 Å². The van der Waals surface area contributed by atoms with Crippen molar-refractivity contribution in [2.45, 2.75) is 39.2 Å². The number of H-pyrrole nitrogens is 1. The molecule has 5 rings (SSSR count).